The van der Waals surface area contributed by atoms with E-state index in [1.54, 1.807) is 18.2 Å². The first kappa shape index (κ1) is 17.3. The Kier molecular flexibility index (Phi) is 5.86. The Morgan fingerprint density at radius 2 is 2.00 bits per heavy atom. The van der Waals surface area contributed by atoms with Gasteiger partial charge in [-0.05, 0) is 56.1 Å². The number of hydrogen-bond donors (Lipinski definition) is 2. The highest BCUT2D eigenvalue weighted by Gasteiger charge is 2.11. The number of nitrogens with zero attached hydrogens (tertiary/aromatic N) is 1. The fourth-order valence-corrected chi connectivity index (χ4v) is 2.90. The van der Waals surface area contributed by atoms with E-state index in [0.29, 0.717) is 20.6 Å². The first-order chi connectivity index (χ1) is 10.4. The van der Waals surface area contributed by atoms with Gasteiger partial charge in [0.15, 0.2) is 0 Å². The van der Waals surface area contributed by atoms with E-state index in [1.165, 1.54) is 18.3 Å². The van der Waals surface area contributed by atoms with Crippen LogP contribution in [0.3, 0.4) is 0 Å². The second-order valence-corrected chi connectivity index (χ2v) is 6.62. The molecule has 2 aromatic rings. The predicted octanol–water partition coefficient (Wildman–Crippen LogP) is 4.99. The Hall–Kier alpha value is -1.08. The molecule has 0 aliphatic carbocycles. The number of halogens is 4. The molecule has 0 saturated carbocycles. The first-order valence-electron chi connectivity index (χ1n) is 5.85. The van der Waals surface area contributed by atoms with E-state index in [4.69, 9.17) is 23.2 Å². The molecule has 0 aliphatic heterocycles. The highest BCUT2D eigenvalue weighted by molar-refractivity contribution is 9.13. The lowest BCUT2D eigenvalue weighted by molar-refractivity contribution is 0.0954. The zero-order valence-electron chi connectivity index (χ0n) is 10.8. The average molecular weight is 467 g/mol. The maximum atomic E-state index is 12.0. The maximum absolute atomic E-state index is 12.0. The number of amides is 1. The molecule has 114 valence electrons. The minimum absolute atomic E-state index is 0.106. The van der Waals surface area contributed by atoms with Crippen LogP contribution in [0.4, 0.5) is 0 Å². The zero-order chi connectivity index (χ0) is 16.3. The third kappa shape index (κ3) is 4.01. The summed E-state index contributed by atoms with van der Waals surface area (Å²) in [5.74, 6) is -0.565. The van der Waals surface area contributed by atoms with Gasteiger partial charge in [0, 0.05) is 19.5 Å². The monoisotopic (exact) mass is 464 g/mol. The first-order valence-corrected chi connectivity index (χ1v) is 8.19. The van der Waals surface area contributed by atoms with Crippen LogP contribution in [0.2, 0.25) is 10.0 Å². The molecule has 1 amide bonds. The zero-order valence-corrected chi connectivity index (χ0v) is 15.5. The van der Waals surface area contributed by atoms with Crippen molar-refractivity contribution in [3.8, 4) is 5.75 Å². The number of aromatic hydroxyl groups is 1. The van der Waals surface area contributed by atoms with E-state index in [9.17, 15) is 9.90 Å². The number of carbonyl (C=O) groups is 1. The third-order valence-corrected chi connectivity index (χ3v) is 5.18. The summed E-state index contributed by atoms with van der Waals surface area (Å²) in [5, 5.41) is 14.0. The number of benzene rings is 2. The summed E-state index contributed by atoms with van der Waals surface area (Å²) in [6.45, 7) is 0. The SMILES string of the molecule is O=C(NN=Cc1cc(Cl)cc(Cl)c1O)c1cccc(Br)c1Br. The molecule has 0 atom stereocenters. The molecule has 0 fully saturated rings. The fraction of sp³-hybridized carbons (Fsp3) is 0. The highest BCUT2D eigenvalue weighted by atomic mass is 79.9. The summed E-state index contributed by atoms with van der Waals surface area (Å²) in [5.41, 5.74) is 3.08. The van der Waals surface area contributed by atoms with Crippen molar-refractivity contribution < 1.29 is 9.90 Å². The van der Waals surface area contributed by atoms with Gasteiger partial charge in [0.25, 0.3) is 5.91 Å². The van der Waals surface area contributed by atoms with Crippen molar-refractivity contribution in [2.24, 2.45) is 5.10 Å². The molecular weight excluding hydrogens is 459 g/mol. The molecule has 2 rings (SSSR count). The predicted molar refractivity (Wildman–Crippen MR) is 95.0 cm³/mol. The Labute approximate surface area is 153 Å². The molecule has 0 unspecified atom stereocenters. The number of hydrogen-bond acceptors (Lipinski definition) is 3. The van der Waals surface area contributed by atoms with E-state index in [2.05, 4.69) is 42.4 Å². The molecule has 0 aliphatic rings. The summed E-state index contributed by atoms with van der Waals surface area (Å²) >= 11 is 18.3. The second-order valence-electron chi connectivity index (χ2n) is 4.13. The van der Waals surface area contributed by atoms with Gasteiger partial charge in [0.2, 0.25) is 0 Å². The van der Waals surface area contributed by atoms with Crippen molar-refractivity contribution in [1.29, 1.82) is 0 Å². The summed E-state index contributed by atoms with van der Waals surface area (Å²) in [7, 11) is 0. The smallest absolute Gasteiger partial charge is 0.272 e. The minimum Gasteiger partial charge on any atom is -0.506 e. The summed E-state index contributed by atoms with van der Waals surface area (Å²) in [6.07, 6.45) is 1.26. The molecule has 0 saturated heterocycles. The number of phenols is 1. The van der Waals surface area contributed by atoms with Gasteiger partial charge in [-0.25, -0.2) is 5.43 Å². The second kappa shape index (κ2) is 7.46. The van der Waals surface area contributed by atoms with Crippen molar-refractivity contribution in [2.45, 2.75) is 0 Å². The molecule has 0 bridgehead atoms. The van der Waals surface area contributed by atoms with Gasteiger partial charge in [0.1, 0.15) is 5.75 Å². The van der Waals surface area contributed by atoms with E-state index in [0.717, 1.165) is 4.47 Å². The molecule has 0 radical (unpaired) electrons. The summed E-state index contributed by atoms with van der Waals surface area (Å²) in [6, 6.07) is 8.07. The van der Waals surface area contributed by atoms with Crippen LogP contribution in [-0.4, -0.2) is 17.2 Å². The number of nitrogens with one attached hydrogen (secondary N) is 1. The van der Waals surface area contributed by atoms with Gasteiger partial charge < -0.3 is 5.11 Å². The van der Waals surface area contributed by atoms with Gasteiger partial charge in [-0.15, -0.1) is 0 Å². The van der Waals surface area contributed by atoms with Gasteiger partial charge in [-0.3, -0.25) is 4.79 Å². The number of carbonyl (C=O) groups excluding carboxylic acids is 1. The van der Waals surface area contributed by atoms with E-state index < -0.39 is 5.91 Å². The molecule has 2 aromatic carbocycles. The fourth-order valence-electron chi connectivity index (χ4n) is 1.58. The standard InChI is InChI=1S/C14H8Br2Cl2N2O2/c15-10-3-1-2-9(12(10)16)14(22)20-19-6-7-4-8(17)5-11(18)13(7)21/h1-6,21H,(H,20,22). The Morgan fingerprint density at radius 1 is 1.27 bits per heavy atom. The van der Waals surface area contributed by atoms with Gasteiger partial charge in [-0.2, -0.15) is 5.10 Å². The van der Waals surface area contributed by atoms with Crippen LogP contribution in [0.15, 0.2) is 44.4 Å². The number of rotatable bonds is 3. The van der Waals surface area contributed by atoms with Crippen LogP contribution in [0, 0.1) is 0 Å². The molecule has 0 spiro atoms. The summed E-state index contributed by atoms with van der Waals surface area (Å²) in [4.78, 5) is 12.0. The lowest BCUT2D eigenvalue weighted by atomic mass is 10.2. The third-order valence-electron chi connectivity index (χ3n) is 2.62. The Balaban J connectivity index is 2.16. The van der Waals surface area contributed by atoms with Crippen LogP contribution in [0.1, 0.15) is 15.9 Å². The van der Waals surface area contributed by atoms with E-state index >= 15 is 0 Å². The molecule has 4 nitrogen and oxygen atoms in total. The van der Waals surface area contributed by atoms with Crippen LogP contribution in [-0.2, 0) is 0 Å². The van der Waals surface area contributed by atoms with E-state index in [1.807, 2.05) is 0 Å². The normalized spacial score (nSPS) is 10.9. The van der Waals surface area contributed by atoms with Crippen molar-refractivity contribution in [3.63, 3.8) is 0 Å². The van der Waals surface area contributed by atoms with E-state index in [-0.39, 0.29) is 10.8 Å². The van der Waals surface area contributed by atoms with Crippen LogP contribution < -0.4 is 5.43 Å². The minimum atomic E-state index is -0.406. The topological polar surface area (TPSA) is 61.7 Å². The molecular formula is C14H8Br2Cl2N2O2. The van der Waals surface area contributed by atoms with Crippen molar-refractivity contribution in [2.75, 3.05) is 0 Å². The molecule has 2 N–H and O–H groups in total. The van der Waals surface area contributed by atoms with Crippen LogP contribution >= 0.6 is 55.1 Å². The lowest BCUT2D eigenvalue weighted by Gasteiger charge is -2.05. The molecule has 22 heavy (non-hydrogen) atoms. The largest absolute Gasteiger partial charge is 0.506 e. The number of phenolic OH excluding ortho intramolecular Hbond substituents is 1. The lowest BCUT2D eigenvalue weighted by Crippen LogP contribution is -2.18. The van der Waals surface area contributed by atoms with Gasteiger partial charge >= 0.3 is 0 Å². The van der Waals surface area contributed by atoms with Crippen molar-refractivity contribution in [1.82, 2.24) is 5.43 Å². The van der Waals surface area contributed by atoms with Crippen molar-refractivity contribution >= 4 is 67.2 Å². The van der Waals surface area contributed by atoms with Gasteiger partial charge in [-0.1, -0.05) is 29.3 Å². The maximum Gasteiger partial charge on any atom is 0.272 e. The quantitative estimate of drug-likeness (QED) is 0.494. The van der Waals surface area contributed by atoms with Crippen LogP contribution in [0.5, 0.6) is 5.75 Å². The van der Waals surface area contributed by atoms with Crippen LogP contribution in [0.25, 0.3) is 0 Å². The Bertz CT molecular complexity index is 767. The summed E-state index contributed by atoms with van der Waals surface area (Å²) < 4.78 is 1.37. The van der Waals surface area contributed by atoms with Gasteiger partial charge in [0.05, 0.1) is 16.8 Å². The molecule has 0 heterocycles. The molecule has 0 aromatic heterocycles. The Morgan fingerprint density at radius 3 is 2.73 bits per heavy atom. The van der Waals surface area contributed by atoms with Crippen molar-refractivity contribution in [3.05, 3.63) is 60.4 Å². The highest BCUT2D eigenvalue weighted by Crippen LogP contribution is 2.30. The number of hydrazone groups is 1. The average Bonchev–Trinajstić information content (AvgIpc) is 2.46. The molecule has 8 heteroatoms.